The molecule has 1 aromatic heterocycles. The second-order valence-corrected chi connectivity index (χ2v) is 7.30. The van der Waals surface area contributed by atoms with Gasteiger partial charge in [0.25, 0.3) is 5.91 Å². The number of aromatic nitrogens is 2. The summed E-state index contributed by atoms with van der Waals surface area (Å²) in [5.41, 5.74) is 5.31. The van der Waals surface area contributed by atoms with Gasteiger partial charge in [-0.05, 0) is 32.0 Å². The van der Waals surface area contributed by atoms with Crippen LogP contribution in [0.4, 0.5) is 0 Å². The molecule has 6 heteroatoms. The van der Waals surface area contributed by atoms with Crippen LogP contribution in [0, 0.1) is 13.8 Å². The van der Waals surface area contributed by atoms with Crippen molar-refractivity contribution in [1.82, 2.24) is 15.1 Å². The number of benzene rings is 2. The lowest BCUT2D eigenvalue weighted by Gasteiger charge is -2.15. The molecule has 1 amide bonds. The Bertz CT molecular complexity index is 966. The van der Waals surface area contributed by atoms with E-state index >= 15 is 0 Å². The molecule has 0 aliphatic rings. The maximum atomic E-state index is 12.4. The molecule has 0 radical (unpaired) electrons. The van der Waals surface area contributed by atoms with Crippen LogP contribution >= 0.6 is 0 Å². The molecule has 1 heterocycles. The minimum atomic E-state index is 0.0131. The van der Waals surface area contributed by atoms with Gasteiger partial charge in [0, 0.05) is 12.1 Å². The van der Waals surface area contributed by atoms with E-state index in [1.807, 2.05) is 73.3 Å². The van der Waals surface area contributed by atoms with Gasteiger partial charge in [0.1, 0.15) is 12.3 Å². The Hall–Kier alpha value is -3.12. The molecule has 3 aromatic rings. The number of methoxy groups -OCH3 is 1. The summed E-state index contributed by atoms with van der Waals surface area (Å²) >= 11 is 0. The molecule has 0 saturated carbocycles. The smallest absolute Gasteiger partial charge is 0.275 e. The summed E-state index contributed by atoms with van der Waals surface area (Å²) in [6, 6.07) is 17.8. The average Bonchev–Trinajstić information content (AvgIpc) is 3.01. The van der Waals surface area contributed by atoms with E-state index in [-0.39, 0.29) is 5.91 Å². The quantitative estimate of drug-likeness (QED) is 0.614. The van der Waals surface area contributed by atoms with Crippen molar-refractivity contribution >= 4 is 5.91 Å². The van der Waals surface area contributed by atoms with E-state index in [2.05, 4.69) is 12.2 Å². The number of carbonyl (C=O) groups excluding carboxylic acids is 1. The van der Waals surface area contributed by atoms with E-state index in [0.29, 0.717) is 13.1 Å². The molecule has 0 spiro atoms. The Morgan fingerprint density at radius 2 is 1.79 bits per heavy atom. The predicted molar refractivity (Wildman–Crippen MR) is 113 cm³/mol. The molecule has 2 N–H and O–H groups in total. The second kappa shape index (κ2) is 9.39. The van der Waals surface area contributed by atoms with Crippen LogP contribution in [-0.2, 0) is 17.9 Å². The molecule has 0 bridgehead atoms. The number of amides is 1. The third kappa shape index (κ3) is 5.03. The number of para-hydroxylation sites is 2. The zero-order chi connectivity index (χ0) is 20.8. The summed E-state index contributed by atoms with van der Waals surface area (Å²) in [5, 5.41) is 7.69. The molecule has 29 heavy (non-hydrogen) atoms. The molecule has 152 valence electrons. The first-order chi connectivity index (χ1) is 14.0. The zero-order valence-electron chi connectivity index (χ0n) is 17.5. The Morgan fingerprint density at radius 1 is 1.10 bits per heavy atom. The minimum Gasteiger partial charge on any atom is -0.496 e. The SMILES string of the molecule is COc1ccccc1CNC(=O)C[NH+](C)Cc1c(C)nn(-c2ccccc2)c1C. The van der Waals surface area contributed by atoms with Crippen LogP contribution in [0.2, 0.25) is 0 Å². The molecule has 2 aromatic carbocycles. The van der Waals surface area contributed by atoms with Gasteiger partial charge >= 0.3 is 0 Å². The van der Waals surface area contributed by atoms with Crippen molar-refractivity contribution < 1.29 is 14.4 Å². The molecular formula is C23H29N4O2+. The normalized spacial score (nSPS) is 11.9. The third-order valence-corrected chi connectivity index (χ3v) is 5.05. The molecule has 0 aliphatic carbocycles. The largest absolute Gasteiger partial charge is 0.496 e. The van der Waals surface area contributed by atoms with E-state index in [1.165, 1.54) is 5.56 Å². The van der Waals surface area contributed by atoms with Gasteiger partial charge in [0.2, 0.25) is 0 Å². The van der Waals surface area contributed by atoms with Crippen LogP contribution in [0.1, 0.15) is 22.5 Å². The molecule has 0 saturated heterocycles. The van der Waals surface area contributed by atoms with E-state index in [0.717, 1.165) is 39.8 Å². The van der Waals surface area contributed by atoms with E-state index in [4.69, 9.17) is 9.84 Å². The van der Waals surface area contributed by atoms with Crippen LogP contribution in [0.5, 0.6) is 5.75 Å². The Kier molecular flexibility index (Phi) is 6.67. The van der Waals surface area contributed by atoms with Gasteiger partial charge in [-0.1, -0.05) is 36.4 Å². The Labute approximate surface area is 172 Å². The first-order valence-corrected chi connectivity index (χ1v) is 9.80. The molecule has 1 unspecified atom stereocenters. The molecule has 3 rings (SSSR count). The number of nitrogens with one attached hydrogen (secondary N) is 2. The fourth-order valence-electron chi connectivity index (χ4n) is 3.50. The number of likely N-dealkylation sites (N-methyl/N-ethyl adjacent to an activating group) is 1. The van der Waals surface area contributed by atoms with Crippen molar-refractivity contribution in [3.63, 3.8) is 0 Å². The van der Waals surface area contributed by atoms with Crippen LogP contribution in [0.25, 0.3) is 5.69 Å². The number of rotatable bonds is 8. The van der Waals surface area contributed by atoms with Crippen molar-refractivity contribution in [3.05, 3.63) is 77.1 Å². The number of ether oxygens (including phenoxy) is 1. The van der Waals surface area contributed by atoms with Crippen molar-refractivity contribution in [2.45, 2.75) is 26.9 Å². The van der Waals surface area contributed by atoms with Crippen LogP contribution < -0.4 is 15.0 Å². The van der Waals surface area contributed by atoms with Gasteiger partial charge < -0.3 is 15.0 Å². The highest BCUT2D eigenvalue weighted by molar-refractivity contribution is 5.76. The maximum Gasteiger partial charge on any atom is 0.275 e. The maximum absolute atomic E-state index is 12.4. The van der Waals surface area contributed by atoms with Gasteiger partial charge in [-0.3, -0.25) is 4.79 Å². The zero-order valence-corrected chi connectivity index (χ0v) is 17.5. The van der Waals surface area contributed by atoms with Crippen LogP contribution in [0.15, 0.2) is 54.6 Å². The first-order valence-electron chi connectivity index (χ1n) is 9.80. The summed E-state index contributed by atoms with van der Waals surface area (Å²) in [6.07, 6.45) is 0. The predicted octanol–water partition coefficient (Wildman–Crippen LogP) is 1.83. The highest BCUT2D eigenvalue weighted by Gasteiger charge is 2.18. The summed E-state index contributed by atoms with van der Waals surface area (Å²) in [4.78, 5) is 13.5. The van der Waals surface area contributed by atoms with Crippen molar-refractivity contribution in [1.29, 1.82) is 0 Å². The number of hydrogen-bond acceptors (Lipinski definition) is 3. The lowest BCUT2D eigenvalue weighted by molar-refractivity contribution is -0.885. The Morgan fingerprint density at radius 3 is 2.52 bits per heavy atom. The molecule has 1 atom stereocenters. The monoisotopic (exact) mass is 393 g/mol. The lowest BCUT2D eigenvalue weighted by atomic mass is 10.2. The number of hydrogen-bond donors (Lipinski definition) is 2. The number of carbonyl (C=O) groups is 1. The molecule has 6 nitrogen and oxygen atoms in total. The lowest BCUT2D eigenvalue weighted by Crippen LogP contribution is -3.09. The minimum absolute atomic E-state index is 0.0131. The summed E-state index contributed by atoms with van der Waals surface area (Å²) in [5.74, 6) is 0.798. The van der Waals surface area contributed by atoms with E-state index in [1.54, 1.807) is 7.11 Å². The second-order valence-electron chi connectivity index (χ2n) is 7.30. The van der Waals surface area contributed by atoms with Gasteiger partial charge in [0.05, 0.1) is 36.8 Å². The summed E-state index contributed by atoms with van der Waals surface area (Å²) in [7, 11) is 3.67. The fourth-order valence-corrected chi connectivity index (χ4v) is 3.50. The van der Waals surface area contributed by atoms with E-state index in [9.17, 15) is 4.79 Å². The van der Waals surface area contributed by atoms with Crippen LogP contribution in [0.3, 0.4) is 0 Å². The number of nitrogens with zero attached hydrogens (tertiary/aromatic N) is 2. The summed E-state index contributed by atoms with van der Waals surface area (Å²) in [6.45, 7) is 5.70. The first kappa shape index (κ1) is 20.6. The van der Waals surface area contributed by atoms with Gasteiger partial charge in [-0.15, -0.1) is 0 Å². The third-order valence-electron chi connectivity index (χ3n) is 5.05. The molecule has 0 aliphatic heterocycles. The average molecular weight is 394 g/mol. The van der Waals surface area contributed by atoms with E-state index < -0.39 is 0 Å². The highest BCUT2D eigenvalue weighted by atomic mass is 16.5. The highest BCUT2D eigenvalue weighted by Crippen LogP contribution is 2.17. The van der Waals surface area contributed by atoms with Gasteiger partial charge in [0.15, 0.2) is 6.54 Å². The summed E-state index contributed by atoms with van der Waals surface area (Å²) < 4.78 is 7.31. The van der Waals surface area contributed by atoms with Crippen molar-refractivity contribution in [2.24, 2.45) is 0 Å². The number of quaternary nitrogens is 1. The van der Waals surface area contributed by atoms with Crippen molar-refractivity contribution in [2.75, 3.05) is 20.7 Å². The van der Waals surface area contributed by atoms with Crippen LogP contribution in [-0.4, -0.2) is 36.4 Å². The topological polar surface area (TPSA) is 60.6 Å². The standard InChI is InChI=1S/C23H28N4O2/c1-17-21(18(2)27(25-17)20-11-6-5-7-12-20)15-26(3)16-23(28)24-14-19-10-8-9-13-22(19)29-4/h5-13H,14-16H2,1-4H3,(H,24,28)/p+1. The van der Waals surface area contributed by atoms with Crippen molar-refractivity contribution in [3.8, 4) is 11.4 Å². The van der Waals surface area contributed by atoms with Gasteiger partial charge in [-0.25, -0.2) is 4.68 Å². The molecular weight excluding hydrogens is 364 g/mol. The number of aryl methyl sites for hydroxylation is 1. The molecule has 0 fully saturated rings. The Balaban J connectivity index is 1.60. The van der Waals surface area contributed by atoms with Gasteiger partial charge in [-0.2, -0.15) is 5.10 Å². The fraction of sp³-hybridized carbons (Fsp3) is 0.304.